The van der Waals surface area contributed by atoms with Gasteiger partial charge in [-0.05, 0) is 36.1 Å². The Labute approximate surface area is 197 Å². The van der Waals surface area contributed by atoms with Gasteiger partial charge >= 0.3 is 0 Å². The molecule has 1 aliphatic rings. The molecular formula is C25H38O8. The van der Waals surface area contributed by atoms with Gasteiger partial charge in [0.2, 0.25) is 6.79 Å². The van der Waals surface area contributed by atoms with Gasteiger partial charge in [-0.25, -0.2) is 0 Å². The Bertz CT molecular complexity index is 632. The molecule has 8 nitrogen and oxygen atoms in total. The van der Waals surface area contributed by atoms with E-state index in [1.807, 2.05) is 12.1 Å². The van der Waals surface area contributed by atoms with Gasteiger partial charge in [0.05, 0.1) is 39.6 Å². The average molecular weight is 467 g/mol. The first kappa shape index (κ1) is 26.7. The molecule has 0 bridgehead atoms. The minimum Gasteiger partial charge on any atom is -0.498 e. The maximum absolute atomic E-state index is 5.77. The topological polar surface area (TPSA) is 73.8 Å². The number of rotatable bonds is 20. The second-order valence-corrected chi connectivity index (χ2v) is 7.31. The highest BCUT2D eigenvalue weighted by Crippen LogP contribution is 2.35. The van der Waals surface area contributed by atoms with E-state index in [-0.39, 0.29) is 6.79 Å². The number of hydrogen-bond donors (Lipinski definition) is 0. The van der Waals surface area contributed by atoms with E-state index in [1.165, 1.54) is 0 Å². The molecule has 33 heavy (non-hydrogen) atoms. The molecule has 1 aromatic carbocycles. The molecular weight excluding hydrogens is 428 g/mol. The molecule has 0 spiro atoms. The van der Waals surface area contributed by atoms with Gasteiger partial charge in [-0.2, -0.15) is 0 Å². The maximum Gasteiger partial charge on any atom is 0.231 e. The SMILES string of the molecule is CCCCO/C=C/OCCOCc1cc2c(cc1COCCO/C=C/OCCCC)OCO2. The molecule has 1 aromatic rings. The van der Waals surface area contributed by atoms with Crippen LogP contribution in [0.4, 0.5) is 0 Å². The monoisotopic (exact) mass is 466 g/mol. The molecule has 0 atom stereocenters. The fraction of sp³-hybridized carbons (Fsp3) is 0.600. The van der Waals surface area contributed by atoms with E-state index in [4.69, 9.17) is 37.9 Å². The largest absolute Gasteiger partial charge is 0.498 e. The standard InChI is InChI=1S/C25H38O8/c1-3-5-7-26-9-11-28-13-15-30-19-22-17-24-25(33-21-32-24)18-23(22)20-31-16-14-29-12-10-27-8-6-4-2/h9-12,17-18H,3-8,13-16,19-21H2,1-2H3/b11-9+,12-10+. The van der Waals surface area contributed by atoms with Crippen LogP contribution < -0.4 is 9.47 Å². The summed E-state index contributed by atoms with van der Waals surface area (Å²) in [7, 11) is 0. The van der Waals surface area contributed by atoms with Gasteiger partial charge in [0.15, 0.2) is 11.5 Å². The van der Waals surface area contributed by atoms with Gasteiger partial charge in [0, 0.05) is 0 Å². The lowest BCUT2D eigenvalue weighted by Gasteiger charge is -2.12. The summed E-state index contributed by atoms with van der Waals surface area (Å²) < 4.78 is 43.8. The zero-order chi connectivity index (χ0) is 23.4. The van der Waals surface area contributed by atoms with Crippen molar-refractivity contribution in [2.45, 2.75) is 52.7 Å². The highest BCUT2D eigenvalue weighted by atomic mass is 16.7. The Morgan fingerprint density at radius 1 is 0.636 bits per heavy atom. The van der Waals surface area contributed by atoms with Crippen LogP contribution in [-0.2, 0) is 41.6 Å². The predicted molar refractivity (Wildman–Crippen MR) is 124 cm³/mol. The van der Waals surface area contributed by atoms with Crippen molar-refractivity contribution >= 4 is 0 Å². The average Bonchev–Trinajstić information content (AvgIpc) is 3.28. The molecule has 0 radical (unpaired) electrons. The molecule has 2 rings (SSSR count). The summed E-state index contributed by atoms with van der Waals surface area (Å²) in [6.07, 6.45) is 10.5. The van der Waals surface area contributed by atoms with Gasteiger partial charge in [-0.1, -0.05) is 26.7 Å². The van der Waals surface area contributed by atoms with Gasteiger partial charge < -0.3 is 37.9 Å². The molecule has 0 unspecified atom stereocenters. The van der Waals surface area contributed by atoms with Crippen LogP contribution in [0.2, 0.25) is 0 Å². The Morgan fingerprint density at radius 2 is 1.06 bits per heavy atom. The van der Waals surface area contributed by atoms with E-state index in [1.54, 1.807) is 25.0 Å². The van der Waals surface area contributed by atoms with Crippen molar-refractivity contribution in [3.8, 4) is 11.5 Å². The summed E-state index contributed by atoms with van der Waals surface area (Å²) in [6.45, 7) is 8.51. The molecule has 8 heteroatoms. The van der Waals surface area contributed by atoms with Crippen molar-refractivity contribution in [3.05, 3.63) is 48.3 Å². The lowest BCUT2D eigenvalue weighted by molar-refractivity contribution is 0.0631. The van der Waals surface area contributed by atoms with Gasteiger partial charge in [-0.15, -0.1) is 0 Å². The van der Waals surface area contributed by atoms with Gasteiger partial charge in [0.25, 0.3) is 0 Å². The van der Waals surface area contributed by atoms with Crippen molar-refractivity contribution in [2.75, 3.05) is 46.4 Å². The van der Waals surface area contributed by atoms with Crippen LogP contribution in [0.5, 0.6) is 11.5 Å². The van der Waals surface area contributed by atoms with E-state index < -0.39 is 0 Å². The molecule has 0 saturated carbocycles. The van der Waals surface area contributed by atoms with Crippen LogP contribution in [0.1, 0.15) is 50.7 Å². The van der Waals surface area contributed by atoms with Crippen molar-refractivity contribution in [1.82, 2.24) is 0 Å². The van der Waals surface area contributed by atoms with Crippen LogP contribution in [-0.4, -0.2) is 46.4 Å². The zero-order valence-electron chi connectivity index (χ0n) is 19.9. The van der Waals surface area contributed by atoms with E-state index in [0.29, 0.717) is 52.9 Å². The van der Waals surface area contributed by atoms with E-state index in [9.17, 15) is 0 Å². The van der Waals surface area contributed by atoms with Crippen LogP contribution >= 0.6 is 0 Å². The van der Waals surface area contributed by atoms with E-state index in [0.717, 1.165) is 48.3 Å². The second kappa shape index (κ2) is 17.9. The minimum absolute atomic E-state index is 0.223. The van der Waals surface area contributed by atoms with Crippen molar-refractivity contribution < 1.29 is 37.9 Å². The molecule has 1 aliphatic heterocycles. The molecule has 0 aliphatic carbocycles. The fourth-order valence-corrected chi connectivity index (χ4v) is 2.76. The highest BCUT2D eigenvalue weighted by Gasteiger charge is 2.17. The molecule has 0 fully saturated rings. The second-order valence-electron chi connectivity index (χ2n) is 7.31. The van der Waals surface area contributed by atoms with Crippen LogP contribution in [0.15, 0.2) is 37.2 Å². The first-order chi connectivity index (χ1) is 16.3. The Kier molecular flexibility index (Phi) is 14.5. The normalized spacial score (nSPS) is 12.5. The number of fused-ring (bicyclic) bond motifs is 1. The minimum atomic E-state index is 0.223. The Hall–Kier alpha value is -2.58. The number of hydrogen-bond acceptors (Lipinski definition) is 8. The maximum atomic E-state index is 5.77. The molecule has 1 heterocycles. The quantitative estimate of drug-likeness (QED) is 0.195. The summed E-state index contributed by atoms with van der Waals surface area (Å²) in [5.74, 6) is 1.44. The summed E-state index contributed by atoms with van der Waals surface area (Å²) in [4.78, 5) is 0. The molecule has 0 aromatic heterocycles. The third-order valence-electron chi connectivity index (χ3n) is 4.63. The highest BCUT2D eigenvalue weighted by molar-refractivity contribution is 5.48. The first-order valence-electron chi connectivity index (χ1n) is 11.7. The van der Waals surface area contributed by atoms with Crippen LogP contribution in [0.3, 0.4) is 0 Å². The summed E-state index contributed by atoms with van der Waals surface area (Å²) >= 11 is 0. The van der Waals surface area contributed by atoms with Crippen LogP contribution in [0.25, 0.3) is 0 Å². The zero-order valence-corrected chi connectivity index (χ0v) is 19.9. The van der Waals surface area contributed by atoms with Crippen molar-refractivity contribution in [2.24, 2.45) is 0 Å². The lowest BCUT2D eigenvalue weighted by atomic mass is 10.1. The summed E-state index contributed by atoms with van der Waals surface area (Å²) in [6, 6.07) is 3.88. The van der Waals surface area contributed by atoms with E-state index >= 15 is 0 Å². The smallest absolute Gasteiger partial charge is 0.231 e. The molecule has 186 valence electrons. The third-order valence-corrected chi connectivity index (χ3v) is 4.63. The van der Waals surface area contributed by atoms with Gasteiger partial charge in [-0.3, -0.25) is 0 Å². The molecule has 0 saturated heterocycles. The van der Waals surface area contributed by atoms with Crippen molar-refractivity contribution in [3.63, 3.8) is 0 Å². The third kappa shape index (κ3) is 11.7. The number of ether oxygens (including phenoxy) is 8. The fourth-order valence-electron chi connectivity index (χ4n) is 2.76. The first-order valence-corrected chi connectivity index (χ1v) is 11.7. The molecule has 0 amide bonds. The van der Waals surface area contributed by atoms with Crippen LogP contribution in [0, 0.1) is 0 Å². The lowest BCUT2D eigenvalue weighted by Crippen LogP contribution is -2.06. The van der Waals surface area contributed by atoms with Gasteiger partial charge in [0.1, 0.15) is 38.3 Å². The summed E-state index contributed by atoms with van der Waals surface area (Å²) in [5, 5.41) is 0. The van der Waals surface area contributed by atoms with Crippen molar-refractivity contribution in [1.29, 1.82) is 0 Å². The Balaban J connectivity index is 1.66. The number of unbranched alkanes of at least 4 members (excludes halogenated alkanes) is 2. The van der Waals surface area contributed by atoms with E-state index in [2.05, 4.69) is 13.8 Å². The number of benzene rings is 1. The molecule has 0 N–H and O–H groups in total. The predicted octanol–water partition coefficient (Wildman–Crippen LogP) is 5.06. The Morgan fingerprint density at radius 3 is 1.48 bits per heavy atom. The summed E-state index contributed by atoms with van der Waals surface area (Å²) in [5.41, 5.74) is 1.98.